The summed E-state index contributed by atoms with van der Waals surface area (Å²) in [5.74, 6) is 0.271. The van der Waals surface area contributed by atoms with Crippen LogP contribution in [0.3, 0.4) is 0 Å². The van der Waals surface area contributed by atoms with Gasteiger partial charge in [0, 0.05) is 10.7 Å². The number of aromatic nitrogens is 1. The van der Waals surface area contributed by atoms with Crippen molar-refractivity contribution in [2.24, 2.45) is 0 Å². The van der Waals surface area contributed by atoms with Gasteiger partial charge in [0.2, 0.25) is 5.88 Å². The van der Waals surface area contributed by atoms with E-state index < -0.39 is 11.7 Å². The molecule has 0 radical (unpaired) electrons. The number of nitrogens with zero attached hydrogens (tertiary/aromatic N) is 1. The van der Waals surface area contributed by atoms with E-state index in [4.69, 9.17) is 4.74 Å². The maximum atomic E-state index is 12.6. The second-order valence-electron chi connectivity index (χ2n) is 3.57. The predicted molar refractivity (Wildman–Crippen MR) is 71.2 cm³/mol. The number of rotatable bonds is 2. The van der Waals surface area contributed by atoms with Crippen molar-refractivity contribution < 1.29 is 17.9 Å². The number of hydrogen-bond donors (Lipinski definition) is 0. The molecule has 0 spiro atoms. The fourth-order valence-electron chi connectivity index (χ4n) is 1.32. The first-order valence-electron chi connectivity index (χ1n) is 5.02. The minimum absolute atomic E-state index is 0.0744. The monoisotopic (exact) mass is 395 g/mol. The van der Waals surface area contributed by atoms with E-state index >= 15 is 0 Å². The Morgan fingerprint density at radius 2 is 1.84 bits per heavy atom. The Kier molecular flexibility index (Phi) is 4.15. The van der Waals surface area contributed by atoms with Gasteiger partial charge in [-0.15, -0.1) is 0 Å². The van der Waals surface area contributed by atoms with Gasteiger partial charge < -0.3 is 4.74 Å². The van der Waals surface area contributed by atoms with E-state index in [2.05, 4.69) is 36.8 Å². The molecule has 0 saturated carbocycles. The zero-order valence-electron chi connectivity index (χ0n) is 9.21. The Balaban J connectivity index is 2.29. The van der Waals surface area contributed by atoms with E-state index in [-0.39, 0.29) is 11.6 Å². The molecule has 0 saturated heterocycles. The molecular weight excluding hydrogens is 391 g/mol. The zero-order valence-corrected chi connectivity index (χ0v) is 12.4. The lowest BCUT2D eigenvalue weighted by Gasteiger charge is -2.10. The van der Waals surface area contributed by atoms with E-state index in [9.17, 15) is 13.2 Å². The fourth-order valence-corrected chi connectivity index (χ4v) is 2.39. The van der Waals surface area contributed by atoms with Gasteiger partial charge >= 0.3 is 6.18 Å². The highest BCUT2D eigenvalue weighted by Gasteiger charge is 2.30. The number of alkyl halides is 3. The van der Waals surface area contributed by atoms with Gasteiger partial charge in [-0.05, 0) is 56.1 Å². The molecule has 0 fully saturated rings. The molecule has 7 heteroatoms. The summed E-state index contributed by atoms with van der Waals surface area (Å²) in [6, 6.07) is 6.32. The van der Waals surface area contributed by atoms with Crippen molar-refractivity contribution in [1.82, 2.24) is 4.98 Å². The maximum Gasteiger partial charge on any atom is 0.416 e. The molecule has 1 aromatic carbocycles. The normalized spacial score (nSPS) is 11.4. The third-order valence-corrected chi connectivity index (χ3v) is 3.15. The molecule has 0 bridgehead atoms. The summed E-state index contributed by atoms with van der Waals surface area (Å²) >= 11 is 6.45. The van der Waals surface area contributed by atoms with Gasteiger partial charge in [0.05, 0.1) is 10.0 Å². The second-order valence-corrected chi connectivity index (χ2v) is 5.34. The average Bonchev–Trinajstić information content (AvgIpc) is 2.32. The molecule has 2 rings (SSSR count). The average molecular weight is 397 g/mol. The molecule has 0 aliphatic rings. The van der Waals surface area contributed by atoms with E-state index in [1.54, 1.807) is 6.07 Å². The Morgan fingerprint density at radius 1 is 1.11 bits per heavy atom. The summed E-state index contributed by atoms with van der Waals surface area (Å²) in [6.45, 7) is 0. The third kappa shape index (κ3) is 3.70. The lowest BCUT2D eigenvalue weighted by molar-refractivity contribution is -0.137. The van der Waals surface area contributed by atoms with Gasteiger partial charge in [-0.3, -0.25) is 0 Å². The molecule has 0 aliphatic carbocycles. The highest BCUT2D eigenvalue weighted by Crippen LogP contribution is 2.34. The highest BCUT2D eigenvalue weighted by molar-refractivity contribution is 9.11. The van der Waals surface area contributed by atoms with Crippen LogP contribution in [-0.4, -0.2) is 4.98 Å². The van der Waals surface area contributed by atoms with Gasteiger partial charge in [0.25, 0.3) is 0 Å². The molecule has 0 atom stereocenters. The Labute approximate surface area is 123 Å². The molecule has 0 amide bonds. The van der Waals surface area contributed by atoms with Crippen LogP contribution in [0.25, 0.3) is 0 Å². The second kappa shape index (κ2) is 5.50. The van der Waals surface area contributed by atoms with E-state index in [1.165, 1.54) is 18.3 Å². The Morgan fingerprint density at radius 3 is 2.47 bits per heavy atom. The van der Waals surface area contributed by atoms with Crippen molar-refractivity contribution in [3.63, 3.8) is 0 Å². The van der Waals surface area contributed by atoms with Crippen LogP contribution in [0, 0.1) is 0 Å². The first-order valence-corrected chi connectivity index (χ1v) is 6.61. The summed E-state index contributed by atoms with van der Waals surface area (Å²) < 4.78 is 44.3. The number of benzene rings is 1. The van der Waals surface area contributed by atoms with Crippen LogP contribution >= 0.6 is 31.9 Å². The topological polar surface area (TPSA) is 22.1 Å². The lowest BCUT2D eigenvalue weighted by Crippen LogP contribution is -2.04. The van der Waals surface area contributed by atoms with Crippen LogP contribution in [0.4, 0.5) is 13.2 Å². The number of halogens is 5. The molecule has 0 unspecified atom stereocenters. The van der Waals surface area contributed by atoms with Gasteiger partial charge in [-0.25, -0.2) is 4.98 Å². The Hall–Kier alpha value is -1.08. The summed E-state index contributed by atoms with van der Waals surface area (Å²) in [5.41, 5.74) is -0.766. The molecule has 100 valence electrons. The minimum atomic E-state index is -4.40. The van der Waals surface area contributed by atoms with Gasteiger partial charge in [-0.2, -0.15) is 13.2 Å². The highest BCUT2D eigenvalue weighted by atomic mass is 79.9. The van der Waals surface area contributed by atoms with Crippen molar-refractivity contribution in [2.45, 2.75) is 6.18 Å². The zero-order chi connectivity index (χ0) is 14.0. The molecule has 1 aromatic heterocycles. The molecule has 0 aliphatic heterocycles. The van der Waals surface area contributed by atoms with E-state index in [0.717, 1.165) is 16.6 Å². The van der Waals surface area contributed by atoms with Crippen LogP contribution in [0.5, 0.6) is 11.6 Å². The van der Waals surface area contributed by atoms with E-state index in [0.29, 0.717) is 4.47 Å². The molecule has 0 N–H and O–H groups in total. The molecule has 1 heterocycles. The molecule has 2 aromatic rings. The van der Waals surface area contributed by atoms with Gasteiger partial charge in [0.1, 0.15) is 5.75 Å². The standard InChI is InChI=1S/C12H6Br2F3NO/c13-8-5-10(14)11(18-6-8)19-9-3-1-2-7(4-9)12(15,16)17/h1-6H. The van der Waals surface area contributed by atoms with Crippen LogP contribution in [-0.2, 0) is 6.18 Å². The summed E-state index contributed by atoms with van der Waals surface area (Å²) in [4.78, 5) is 3.97. The van der Waals surface area contributed by atoms with Crippen LogP contribution < -0.4 is 4.74 Å². The van der Waals surface area contributed by atoms with Crippen molar-refractivity contribution in [1.29, 1.82) is 0 Å². The third-order valence-electron chi connectivity index (χ3n) is 2.15. The maximum absolute atomic E-state index is 12.6. The SMILES string of the molecule is FC(F)(F)c1cccc(Oc2ncc(Br)cc2Br)c1. The number of pyridine rings is 1. The fraction of sp³-hybridized carbons (Fsp3) is 0.0833. The Bertz CT molecular complexity index is 602. The van der Waals surface area contributed by atoms with Crippen molar-refractivity contribution in [3.05, 3.63) is 51.0 Å². The molecule has 19 heavy (non-hydrogen) atoms. The molecular formula is C12H6Br2F3NO. The van der Waals surface area contributed by atoms with Gasteiger partial charge in [0.15, 0.2) is 0 Å². The summed E-state index contributed by atoms with van der Waals surface area (Å²) in [7, 11) is 0. The summed E-state index contributed by atoms with van der Waals surface area (Å²) in [5, 5.41) is 0. The van der Waals surface area contributed by atoms with Crippen LogP contribution in [0.1, 0.15) is 5.56 Å². The number of ether oxygens (including phenoxy) is 1. The van der Waals surface area contributed by atoms with Crippen LogP contribution in [0.15, 0.2) is 45.5 Å². The van der Waals surface area contributed by atoms with Crippen LogP contribution in [0.2, 0.25) is 0 Å². The van der Waals surface area contributed by atoms with E-state index in [1.807, 2.05) is 0 Å². The first kappa shape index (κ1) is 14.3. The molecule has 2 nitrogen and oxygen atoms in total. The number of hydrogen-bond acceptors (Lipinski definition) is 2. The smallest absolute Gasteiger partial charge is 0.416 e. The quantitative estimate of drug-likeness (QED) is 0.676. The van der Waals surface area contributed by atoms with Gasteiger partial charge in [-0.1, -0.05) is 6.07 Å². The van der Waals surface area contributed by atoms with Crippen molar-refractivity contribution in [3.8, 4) is 11.6 Å². The minimum Gasteiger partial charge on any atom is -0.438 e. The predicted octanol–water partition coefficient (Wildman–Crippen LogP) is 5.42. The van der Waals surface area contributed by atoms with Crippen molar-refractivity contribution >= 4 is 31.9 Å². The summed E-state index contributed by atoms with van der Waals surface area (Å²) in [6.07, 6.45) is -2.91. The lowest BCUT2D eigenvalue weighted by atomic mass is 10.2. The largest absolute Gasteiger partial charge is 0.438 e. The first-order chi connectivity index (χ1) is 8.86. The van der Waals surface area contributed by atoms with Crippen molar-refractivity contribution in [2.75, 3.05) is 0 Å².